The molecule has 0 saturated carbocycles. The molecule has 2 heterocycles. The first-order chi connectivity index (χ1) is 12.2. The fourth-order valence-corrected chi connectivity index (χ4v) is 3.30. The predicted octanol–water partition coefficient (Wildman–Crippen LogP) is 2.79. The molecule has 1 aromatic heterocycles. The standard InChI is InChI=1S/C19H27N3O3/c1-4-22-13-16(12-21-22)19-15(7-8-25-19)11-20-10-14-5-6-17(23-2)18(9-14)24-3/h5-6,9,12-13,15,19-20H,4,7-8,10-11H2,1-3H3/t15-,19+/m0/s1. The van der Waals surface area contributed by atoms with Gasteiger partial charge >= 0.3 is 0 Å². The van der Waals surface area contributed by atoms with Crippen LogP contribution in [0.3, 0.4) is 0 Å². The molecule has 2 atom stereocenters. The third-order valence-electron chi connectivity index (χ3n) is 4.70. The van der Waals surface area contributed by atoms with Crippen LogP contribution in [0.25, 0.3) is 0 Å². The third kappa shape index (κ3) is 4.14. The number of hydrogen-bond acceptors (Lipinski definition) is 5. The Bertz CT molecular complexity index is 686. The van der Waals surface area contributed by atoms with E-state index in [-0.39, 0.29) is 6.10 Å². The van der Waals surface area contributed by atoms with E-state index in [9.17, 15) is 0 Å². The van der Waals surface area contributed by atoms with E-state index < -0.39 is 0 Å². The monoisotopic (exact) mass is 345 g/mol. The van der Waals surface area contributed by atoms with Gasteiger partial charge in [-0.3, -0.25) is 4.68 Å². The highest BCUT2D eigenvalue weighted by Gasteiger charge is 2.30. The molecular weight excluding hydrogens is 318 g/mol. The fraction of sp³-hybridized carbons (Fsp3) is 0.526. The highest BCUT2D eigenvalue weighted by Crippen LogP contribution is 2.34. The van der Waals surface area contributed by atoms with E-state index in [4.69, 9.17) is 14.2 Å². The number of ether oxygens (including phenoxy) is 3. The molecule has 0 unspecified atom stereocenters. The van der Waals surface area contributed by atoms with Gasteiger partial charge in [0.2, 0.25) is 0 Å². The molecule has 0 spiro atoms. The molecule has 1 aliphatic rings. The molecule has 1 fully saturated rings. The third-order valence-corrected chi connectivity index (χ3v) is 4.70. The van der Waals surface area contributed by atoms with E-state index >= 15 is 0 Å². The lowest BCUT2D eigenvalue weighted by Gasteiger charge is -2.18. The number of aromatic nitrogens is 2. The van der Waals surface area contributed by atoms with Gasteiger partial charge in [-0.2, -0.15) is 5.10 Å². The van der Waals surface area contributed by atoms with E-state index in [0.717, 1.165) is 44.2 Å². The summed E-state index contributed by atoms with van der Waals surface area (Å²) in [6.45, 7) is 5.49. The second-order valence-corrected chi connectivity index (χ2v) is 6.29. The molecule has 2 aromatic rings. The van der Waals surface area contributed by atoms with Gasteiger partial charge in [-0.05, 0) is 31.0 Å². The Hall–Kier alpha value is -2.05. The molecule has 0 amide bonds. The first-order valence-electron chi connectivity index (χ1n) is 8.80. The second kappa shape index (κ2) is 8.36. The van der Waals surface area contributed by atoms with Crippen LogP contribution in [0.15, 0.2) is 30.6 Å². The van der Waals surface area contributed by atoms with Crippen molar-refractivity contribution >= 4 is 0 Å². The smallest absolute Gasteiger partial charge is 0.161 e. The summed E-state index contributed by atoms with van der Waals surface area (Å²) >= 11 is 0. The van der Waals surface area contributed by atoms with Gasteiger partial charge in [-0.25, -0.2) is 0 Å². The Morgan fingerprint density at radius 3 is 2.84 bits per heavy atom. The molecule has 1 aromatic carbocycles. The Kier molecular flexibility index (Phi) is 5.94. The van der Waals surface area contributed by atoms with Crippen molar-refractivity contribution in [2.45, 2.75) is 32.5 Å². The van der Waals surface area contributed by atoms with Crippen LogP contribution < -0.4 is 14.8 Å². The molecule has 136 valence electrons. The predicted molar refractivity (Wildman–Crippen MR) is 96.0 cm³/mol. The number of aryl methyl sites for hydroxylation is 1. The summed E-state index contributed by atoms with van der Waals surface area (Å²) in [6, 6.07) is 6.01. The second-order valence-electron chi connectivity index (χ2n) is 6.29. The maximum Gasteiger partial charge on any atom is 0.161 e. The molecule has 0 bridgehead atoms. The number of hydrogen-bond donors (Lipinski definition) is 1. The Morgan fingerprint density at radius 1 is 1.28 bits per heavy atom. The molecule has 1 aliphatic heterocycles. The van der Waals surface area contributed by atoms with Gasteiger partial charge in [0.25, 0.3) is 0 Å². The number of nitrogens with zero attached hydrogens (tertiary/aromatic N) is 2. The molecule has 3 rings (SSSR count). The first kappa shape index (κ1) is 17.8. The van der Waals surface area contributed by atoms with Gasteiger partial charge in [0.15, 0.2) is 11.5 Å². The lowest BCUT2D eigenvalue weighted by atomic mass is 9.97. The van der Waals surface area contributed by atoms with Crippen LogP contribution in [-0.2, 0) is 17.8 Å². The van der Waals surface area contributed by atoms with Gasteiger partial charge in [0.1, 0.15) is 0 Å². The van der Waals surface area contributed by atoms with Gasteiger partial charge in [0, 0.05) is 43.9 Å². The molecule has 0 radical (unpaired) electrons. The summed E-state index contributed by atoms with van der Waals surface area (Å²) in [4.78, 5) is 0. The minimum Gasteiger partial charge on any atom is -0.493 e. The van der Waals surface area contributed by atoms with Crippen LogP contribution >= 0.6 is 0 Å². The van der Waals surface area contributed by atoms with Crippen molar-refractivity contribution in [1.82, 2.24) is 15.1 Å². The SMILES string of the molecule is CCn1cc([C@@H]2OCC[C@H]2CNCc2ccc(OC)c(OC)c2)cn1. The molecule has 1 N–H and O–H groups in total. The Morgan fingerprint density at radius 2 is 2.12 bits per heavy atom. The Labute approximate surface area is 149 Å². The number of benzene rings is 1. The van der Waals surface area contributed by atoms with Crippen molar-refractivity contribution in [3.05, 3.63) is 41.7 Å². The molecule has 25 heavy (non-hydrogen) atoms. The number of rotatable bonds is 8. The zero-order chi connectivity index (χ0) is 17.6. The molecule has 0 aliphatic carbocycles. The van der Waals surface area contributed by atoms with Gasteiger partial charge in [-0.15, -0.1) is 0 Å². The van der Waals surface area contributed by atoms with Crippen molar-refractivity contribution in [3.8, 4) is 11.5 Å². The molecule has 6 nitrogen and oxygen atoms in total. The van der Waals surface area contributed by atoms with Crippen LogP contribution in [0, 0.1) is 5.92 Å². The van der Waals surface area contributed by atoms with Gasteiger partial charge in [-0.1, -0.05) is 6.07 Å². The minimum atomic E-state index is 0.137. The van der Waals surface area contributed by atoms with E-state index in [0.29, 0.717) is 5.92 Å². The van der Waals surface area contributed by atoms with Crippen molar-refractivity contribution in [2.24, 2.45) is 5.92 Å². The zero-order valence-electron chi connectivity index (χ0n) is 15.2. The quantitative estimate of drug-likeness (QED) is 0.797. The summed E-state index contributed by atoms with van der Waals surface area (Å²) in [7, 11) is 3.31. The van der Waals surface area contributed by atoms with Crippen LogP contribution in [0.5, 0.6) is 11.5 Å². The summed E-state index contributed by atoms with van der Waals surface area (Å²) in [5.74, 6) is 1.98. The number of nitrogens with one attached hydrogen (secondary N) is 1. The van der Waals surface area contributed by atoms with E-state index in [2.05, 4.69) is 29.6 Å². The van der Waals surface area contributed by atoms with Crippen molar-refractivity contribution in [3.63, 3.8) is 0 Å². The summed E-state index contributed by atoms with van der Waals surface area (Å²) in [6.07, 6.45) is 5.23. The van der Waals surface area contributed by atoms with Gasteiger partial charge in [0.05, 0.1) is 26.5 Å². The topological polar surface area (TPSA) is 57.5 Å². The highest BCUT2D eigenvalue weighted by atomic mass is 16.5. The minimum absolute atomic E-state index is 0.137. The van der Waals surface area contributed by atoms with E-state index in [1.54, 1.807) is 14.2 Å². The lowest BCUT2D eigenvalue weighted by Crippen LogP contribution is -2.24. The van der Waals surface area contributed by atoms with Crippen LogP contribution in [0.1, 0.15) is 30.6 Å². The van der Waals surface area contributed by atoms with Crippen LogP contribution in [-0.4, -0.2) is 37.2 Å². The normalized spacial score (nSPS) is 20.0. The average Bonchev–Trinajstić information content (AvgIpc) is 3.30. The fourth-order valence-electron chi connectivity index (χ4n) is 3.30. The number of methoxy groups -OCH3 is 2. The van der Waals surface area contributed by atoms with E-state index in [1.807, 2.05) is 23.0 Å². The lowest BCUT2D eigenvalue weighted by molar-refractivity contribution is 0.0904. The van der Waals surface area contributed by atoms with Gasteiger partial charge < -0.3 is 19.5 Å². The van der Waals surface area contributed by atoms with E-state index in [1.165, 1.54) is 11.1 Å². The summed E-state index contributed by atoms with van der Waals surface area (Å²) in [5, 5.41) is 7.92. The molecule has 6 heteroatoms. The maximum absolute atomic E-state index is 5.95. The summed E-state index contributed by atoms with van der Waals surface area (Å²) in [5.41, 5.74) is 2.35. The van der Waals surface area contributed by atoms with Crippen molar-refractivity contribution in [2.75, 3.05) is 27.4 Å². The average molecular weight is 345 g/mol. The zero-order valence-corrected chi connectivity index (χ0v) is 15.2. The summed E-state index contributed by atoms with van der Waals surface area (Å²) < 4.78 is 18.5. The largest absolute Gasteiger partial charge is 0.493 e. The van der Waals surface area contributed by atoms with Crippen LogP contribution in [0.4, 0.5) is 0 Å². The first-order valence-corrected chi connectivity index (χ1v) is 8.80. The molecular formula is C19H27N3O3. The maximum atomic E-state index is 5.95. The van der Waals surface area contributed by atoms with Crippen molar-refractivity contribution < 1.29 is 14.2 Å². The van der Waals surface area contributed by atoms with Crippen LogP contribution in [0.2, 0.25) is 0 Å². The molecule has 1 saturated heterocycles. The Balaban J connectivity index is 1.56. The van der Waals surface area contributed by atoms with Crippen molar-refractivity contribution in [1.29, 1.82) is 0 Å². The highest BCUT2D eigenvalue weighted by molar-refractivity contribution is 5.42.